The lowest BCUT2D eigenvalue weighted by Gasteiger charge is -2.07. The van der Waals surface area contributed by atoms with E-state index in [4.69, 9.17) is 0 Å². The Labute approximate surface area is 150 Å². The fourth-order valence-electron chi connectivity index (χ4n) is 2.71. The number of hydrazone groups is 1. The first kappa shape index (κ1) is 17.3. The van der Waals surface area contributed by atoms with Crippen molar-refractivity contribution in [2.24, 2.45) is 5.10 Å². The number of hydrogen-bond acceptors (Lipinski definition) is 4. The average Bonchev–Trinajstić information content (AvgIpc) is 2.66. The van der Waals surface area contributed by atoms with Crippen LogP contribution in [-0.2, 0) is 11.2 Å². The van der Waals surface area contributed by atoms with Crippen molar-refractivity contribution < 1.29 is 9.72 Å². The summed E-state index contributed by atoms with van der Waals surface area (Å²) in [5, 5.41) is 17.0. The molecule has 0 aliphatic heterocycles. The largest absolute Gasteiger partial charge is 0.273 e. The lowest BCUT2D eigenvalue weighted by molar-refractivity contribution is -0.384. The molecule has 6 heteroatoms. The molecule has 1 amide bonds. The Morgan fingerprint density at radius 2 is 1.73 bits per heavy atom. The minimum atomic E-state index is -0.471. The summed E-state index contributed by atoms with van der Waals surface area (Å²) in [6, 6.07) is 19.8. The summed E-state index contributed by atoms with van der Waals surface area (Å²) < 4.78 is 0. The van der Waals surface area contributed by atoms with Gasteiger partial charge in [-0.05, 0) is 23.3 Å². The SMILES string of the molecule is C/C(=N/NC(=O)Cc1ccc([N+](=O)[O-])cc1)c1cccc2ccccc12. The number of non-ortho nitro benzene ring substituents is 1. The van der Waals surface area contributed by atoms with Crippen LogP contribution in [0.3, 0.4) is 0 Å². The monoisotopic (exact) mass is 347 g/mol. The molecule has 0 spiro atoms. The Kier molecular flexibility index (Phi) is 5.03. The molecule has 26 heavy (non-hydrogen) atoms. The van der Waals surface area contributed by atoms with Crippen molar-refractivity contribution in [2.45, 2.75) is 13.3 Å². The van der Waals surface area contributed by atoms with Crippen LogP contribution in [0.4, 0.5) is 5.69 Å². The molecule has 0 aliphatic carbocycles. The van der Waals surface area contributed by atoms with Crippen molar-refractivity contribution >= 4 is 28.1 Å². The number of carbonyl (C=O) groups excluding carboxylic acids is 1. The molecule has 0 aromatic heterocycles. The van der Waals surface area contributed by atoms with Crippen LogP contribution < -0.4 is 5.43 Å². The third kappa shape index (κ3) is 3.92. The fraction of sp³-hybridized carbons (Fsp3) is 0.100. The molecule has 0 unspecified atom stereocenters. The topological polar surface area (TPSA) is 84.6 Å². The Bertz CT molecular complexity index is 989. The Morgan fingerprint density at radius 3 is 2.46 bits per heavy atom. The predicted molar refractivity (Wildman–Crippen MR) is 101 cm³/mol. The zero-order valence-corrected chi connectivity index (χ0v) is 14.2. The van der Waals surface area contributed by atoms with E-state index in [-0.39, 0.29) is 18.0 Å². The van der Waals surface area contributed by atoms with E-state index in [9.17, 15) is 14.9 Å². The lowest BCUT2D eigenvalue weighted by Crippen LogP contribution is -2.21. The number of carbonyl (C=O) groups is 1. The van der Waals surface area contributed by atoms with E-state index < -0.39 is 4.92 Å². The molecule has 3 aromatic rings. The van der Waals surface area contributed by atoms with E-state index in [1.165, 1.54) is 12.1 Å². The number of nitro benzene ring substituents is 1. The molecular weight excluding hydrogens is 330 g/mol. The third-order valence-electron chi connectivity index (χ3n) is 4.04. The summed E-state index contributed by atoms with van der Waals surface area (Å²) in [7, 11) is 0. The maximum Gasteiger partial charge on any atom is 0.269 e. The van der Waals surface area contributed by atoms with Crippen molar-refractivity contribution in [3.63, 3.8) is 0 Å². The van der Waals surface area contributed by atoms with Gasteiger partial charge < -0.3 is 0 Å². The van der Waals surface area contributed by atoms with Gasteiger partial charge in [-0.1, -0.05) is 54.6 Å². The maximum absolute atomic E-state index is 12.1. The highest BCUT2D eigenvalue weighted by atomic mass is 16.6. The van der Waals surface area contributed by atoms with E-state index in [1.807, 2.05) is 49.4 Å². The molecule has 6 nitrogen and oxygen atoms in total. The van der Waals surface area contributed by atoms with E-state index in [0.29, 0.717) is 11.3 Å². The van der Waals surface area contributed by atoms with E-state index in [0.717, 1.165) is 16.3 Å². The summed E-state index contributed by atoms with van der Waals surface area (Å²) >= 11 is 0. The maximum atomic E-state index is 12.1. The van der Waals surface area contributed by atoms with Crippen LogP contribution >= 0.6 is 0 Å². The van der Waals surface area contributed by atoms with Crippen LogP contribution in [0.25, 0.3) is 10.8 Å². The Balaban J connectivity index is 1.70. The highest BCUT2D eigenvalue weighted by Gasteiger charge is 2.08. The number of fused-ring (bicyclic) bond motifs is 1. The third-order valence-corrected chi connectivity index (χ3v) is 4.04. The van der Waals surface area contributed by atoms with Crippen molar-refractivity contribution in [2.75, 3.05) is 0 Å². The van der Waals surface area contributed by atoms with Crippen LogP contribution in [0.1, 0.15) is 18.1 Å². The summed E-state index contributed by atoms with van der Waals surface area (Å²) in [6.45, 7) is 1.84. The Morgan fingerprint density at radius 1 is 1.04 bits per heavy atom. The zero-order chi connectivity index (χ0) is 18.5. The molecule has 0 saturated heterocycles. The molecule has 3 rings (SSSR count). The fourth-order valence-corrected chi connectivity index (χ4v) is 2.71. The second kappa shape index (κ2) is 7.57. The highest BCUT2D eigenvalue weighted by Crippen LogP contribution is 2.19. The van der Waals surface area contributed by atoms with Crippen molar-refractivity contribution in [1.82, 2.24) is 5.43 Å². The number of nitro groups is 1. The molecule has 0 saturated carbocycles. The van der Waals surface area contributed by atoms with Gasteiger partial charge in [-0.2, -0.15) is 5.10 Å². The van der Waals surface area contributed by atoms with Crippen molar-refractivity contribution in [3.05, 3.63) is 88.0 Å². The molecule has 0 radical (unpaired) electrons. The molecule has 0 bridgehead atoms. The molecule has 130 valence electrons. The number of nitrogens with zero attached hydrogens (tertiary/aromatic N) is 2. The predicted octanol–water partition coefficient (Wildman–Crippen LogP) is 3.83. The minimum absolute atomic E-state index is 0.000945. The highest BCUT2D eigenvalue weighted by molar-refractivity contribution is 6.09. The number of rotatable bonds is 5. The Hall–Kier alpha value is -3.54. The molecule has 0 atom stereocenters. The van der Waals surface area contributed by atoms with Gasteiger partial charge in [-0.15, -0.1) is 0 Å². The number of amides is 1. The summed E-state index contributed by atoms with van der Waals surface area (Å²) in [6.07, 6.45) is 0.101. The molecule has 0 fully saturated rings. The van der Waals surface area contributed by atoms with Gasteiger partial charge in [0.1, 0.15) is 0 Å². The second-order valence-electron chi connectivity index (χ2n) is 5.86. The first-order valence-electron chi connectivity index (χ1n) is 8.09. The van der Waals surface area contributed by atoms with Gasteiger partial charge in [-0.3, -0.25) is 14.9 Å². The quantitative estimate of drug-likeness (QED) is 0.432. The molecule has 1 N–H and O–H groups in total. The van der Waals surface area contributed by atoms with Gasteiger partial charge in [0.25, 0.3) is 5.69 Å². The van der Waals surface area contributed by atoms with Gasteiger partial charge in [0.15, 0.2) is 0 Å². The zero-order valence-electron chi connectivity index (χ0n) is 14.2. The first-order chi connectivity index (χ1) is 12.5. The van der Waals surface area contributed by atoms with Gasteiger partial charge >= 0.3 is 0 Å². The number of benzene rings is 3. The van der Waals surface area contributed by atoms with E-state index in [2.05, 4.69) is 10.5 Å². The van der Waals surface area contributed by atoms with Crippen LogP contribution in [0.5, 0.6) is 0 Å². The van der Waals surface area contributed by atoms with Gasteiger partial charge in [0, 0.05) is 17.7 Å². The summed E-state index contributed by atoms with van der Waals surface area (Å²) in [5.74, 6) is -0.279. The normalized spacial score (nSPS) is 11.3. The second-order valence-corrected chi connectivity index (χ2v) is 5.86. The van der Waals surface area contributed by atoms with Crippen LogP contribution in [0.2, 0.25) is 0 Å². The van der Waals surface area contributed by atoms with Crippen LogP contribution in [0.15, 0.2) is 71.8 Å². The standard InChI is InChI=1S/C20H17N3O3/c1-14(18-8-4-6-16-5-2-3-7-19(16)18)21-22-20(24)13-15-9-11-17(12-10-15)23(25)26/h2-12H,13H2,1H3,(H,22,24)/b21-14-. The number of hydrogen-bond donors (Lipinski definition) is 1. The molecular formula is C20H17N3O3. The summed E-state index contributed by atoms with van der Waals surface area (Å²) in [4.78, 5) is 22.3. The molecule has 0 aliphatic rings. The van der Waals surface area contributed by atoms with Crippen LogP contribution in [-0.4, -0.2) is 16.5 Å². The summed E-state index contributed by atoms with van der Waals surface area (Å²) in [5.41, 5.74) is 4.90. The first-order valence-corrected chi connectivity index (χ1v) is 8.09. The van der Waals surface area contributed by atoms with Crippen molar-refractivity contribution in [1.29, 1.82) is 0 Å². The van der Waals surface area contributed by atoms with Crippen molar-refractivity contribution in [3.8, 4) is 0 Å². The smallest absolute Gasteiger partial charge is 0.269 e. The average molecular weight is 347 g/mol. The molecule has 3 aromatic carbocycles. The molecule has 0 heterocycles. The lowest BCUT2D eigenvalue weighted by atomic mass is 10.0. The van der Waals surface area contributed by atoms with Gasteiger partial charge in [0.2, 0.25) is 5.91 Å². The number of nitrogens with one attached hydrogen (secondary N) is 1. The van der Waals surface area contributed by atoms with E-state index in [1.54, 1.807) is 12.1 Å². The van der Waals surface area contributed by atoms with Crippen LogP contribution in [0, 0.1) is 10.1 Å². The van der Waals surface area contributed by atoms with Gasteiger partial charge in [-0.25, -0.2) is 5.43 Å². The van der Waals surface area contributed by atoms with E-state index >= 15 is 0 Å². The van der Waals surface area contributed by atoms with Gasteiger partial charge in [0.05, 0.1) is 17.1 Å². The minimum Gasteiger partial charge on any atom is -0.273 e.